The number of sulfone groups is 1. The fourth-order valence-corrected chi connectivity index (χ4v) is 4.38. The average molecular weight is 378 g/mol. The SMILES string of the molecule is CC(=O)N(CC(=O)Nc1cccc(C(F)(F)F)c1)C1CCS(=O)(=O)C1. The highest BCUT2D eigenvalue weighted by Crippen LogP contribution is 2.30. The number of nitrogens with zero attached hydrogens (tertiary/aromatic N) is 1. The van der Waals surface area contributed by atoms with Crippen LogP contribution in [0.1, 0.15) is 18.9 Å². The topological polar surface area (TPSA) is 83.6 Å². The molecule has 1 atom stereocenters. The third-order valence-corrected chi connectivity index (χ3v) is 5.59. The second-order valence-electron chi connectivity index (χ2n) is 5.83. The summed E-state index contributed by atoms with van der Waals surface area (Å²) < 4.78 is 61.1. The molecule has 0 aromatic heterocycles. The van der Waals surface area contributed by atoms with E-state index >= 15 is 0 Å². The highest BCUT2D eigenvalue weighted by molar-refractivity contribution is 7.91. The van der Waals surface area contributed by atoms with Gasteiger partial charge in [0, 0.05) is 18.7 Å². The highest BCUT2D eigenvalue weighted by Gasteiger charge is 2.34. The Morgan fingerprint density at radius 1 is 1.32 bits per heavy atom. The summed E-state index contributed by atoms with van der Waals surface area (Å²) in [4.78, 5) is 24.9. The summed E-state index contributed by atoms with van der Waals surface area (Å²) in [6.45, 7) is 0.786. The van der Waals surface area contributed by atoms with Crippen LogP contribution in [-0.2, 0) is 25.6 Å². The minimum atomic E-state index is -4.54. The molecule has 1 N–H and O–H groups in total. The number of hydrogen-bond donors (Lipinski definition) is 1. The van der Waals surface area contributed by atoms with E-state index in [0.29, 0.717) is 0 Å². The van der Waals surface area contributed by atoms with Crippen LogP contribution < -0.4 is 5.32 Å². The smallest absolute Gasteiger partial charge is 0.330 e. The highest BCUT2D eigenvalue weighted by atomic mass is 32.2. The molecule has 138 valence electrons. The first-order chi connectivity index (χ1) is 11.5. The van der Waals surface area contributed by atoms with Crippen LogP contribution in [0.3, 0.4) is 0 Å². The van der Waals surface area contributed by atoms with Crippen molar-refractivity contribution in [3.8, 4) is 0 Å². The maximum absolute atomic E-state index is 12.7. The lowest BCUT2D eigenvalue weighted by Crippen LogP contribution is -2.44. The van der Waals surface area contributed by atoms with Crippen LogP contribution in [0, 0.1) is 0 Å². The van der Waals surface area contributed by atoms with Crippen molar-refractivity contribution in [1.82, 2.24) is 4.90 Å². The molecule has 1 aromatic rings. The Labute approximate surface area is 142 Å². The van der Waals surface area contributed by atoms with Gasteiger partial charge < -0.3 is 10.2 Å². The summed E-state index contributed by atoms with van der Waals surface area (Å²) in [5, 5.41) is 2.30. The lowest BCUT2D eigenvalue weighted by molar-refractivity contribution is -0.137. The van der Waals surface area contributed by atoms with E-state index in [1.54, 1.807) is 0 Å². The standard InChI is InChI=1S/C15H17F3N2O4S/c1-10(21)20(13-5-6-25(23,24)9-13)8-14(22)19-12-4-2-3-11(7-12)15(16,17)18/h2-4,7,13H,5-6,8-9H2,1H3,(H,19,22). The van der Waals surface area contributed by atoms with Gasteiger partial charge in [0.2, 0.25) is 11.8 Å². The second kappa shape index (κ2) is 7.03. The molecular weight excluding hydrogens is 361 g/mol. The van der Waals surface area contributed by atoms with E-state index in [2.05, 4.69) is 5.32 Å². The molecule has 0 saturated carbocycles. The van der Waals surface area contributed by atoms with Gasteiger partial charge in [-0.15, -0.1) is 0 Å². The van der Waals surface area contributed by atoms with Gasteiger partial charge in [-0.3, -0.25) is 9.59 Å². The Kier molecular flexibility index (Phi) is 5.40. The maximum atomic E-state index is 12.7. The lowest BCUT2D eigenvalue weighted by atomic mass is 10.2. The van der Waals surface area contributed by atoms with E-state index < -0.39 is 46.0 Å². The van der Waals surface area contributed by atoms with Crippen molar-refractivity contribution in [3.63, 3.8) is 0 Å². The Balaban J connectivity index is 2.06. The minimum Gasteiger partial charge on any atom is -0.330 e. The van der Waals surface area contributed by atoms with Crippen molar-refractivity contribution in [3.05, 3.63) is 29.8 Å². The number of benzene rings is 1. The van der Waals surface area contributed by atoms with E-state index in [9.17, 15) is 31.2 Å². The van der Waals surface area contributed by atoms with Gasteiger partial charge in [0.15, 0.2) is 9.84 Å². The van der Waals surface area contributed by atoms with Gasteiger partial charge in [0.1, 0.15) is 6.54 Å². The molecule has 0 spiro atoms. The first-order valence-corrected chi connectivity index (χ1v) is 9.25. The zero-order chi connectivity index (χ0) is 18.8. The van der Waals surface area contributed by atoms with Crippen molar-refractivity contribution in [1.29, 1.82) is 0 Å². The van der Waals surface area contributed by atoms with Crippen LogP contribution in [0.25, 0.3) is 0 Å². The van der Waals surface area contributed by atoms with E-state index in [-0.39, 0.29) is 23.6 Å². The average Bonchev–Trinajstić information content (AvgIpc) is 2.83. The number of anilines is 1. The predicted octanol–water partition coefficient (Wildman–Crippen LogP) is 1.68. The number of amides is 2. The van der Waals surface area contributed by atoms with Gasteiger partial charge >= 0.3 is 6.18 Å². The molecule has 1 fully saturated rings. The number of halogens is 3. The Morgan fingerprint density at radius 3 is 2.52 bits per heavy atom. The molecule has 2 amide bonds. The second-order valence-corrected chi connectivity index (χ2v) is 8.06. The van der Waals surface area contributed by atoms with E-state index in [4.69, 9.17) is 0 Å². The number of carbonyl (C=O) groups excluding carboxylic acids is 2. The molecule has 0 radical (unpaired) electrons. The van der Waals surface area contributed by atoms with Crippen molar-refractivity contribution in [2.45, 2.75) is 25.6 Å². The van der Waals surface area contributed by atoms with Crippen LogP contribution in [0.4, 0.5) is 18.9 Å². The number of carbonyl (C=O) groups is 2. The number of nitrogens with one attached hydrogen (secondary N) is 1. The first-order valence-electron chi connectivity index (χ1n) is 7.43. The summed E-state index contributed by atoms with van der Waals surface area (Å²) in [5.41, 5.74) is -0.960. The molecule has 0 bridgehead atoms. The van der Waals surface area contributed by atoms with E-state index in [1.165, 1.54) is 13.0 Å². The molecule has 1 aromatic carbocycles. The predicted molar refractivity (Wildman–Crippen MR) is 84.5 cm³/mol. The van der Waals surface area contributed by atoms with Gasteiger partial charge in [0.05, 0.1) is 17.1 Å². The Hall–Kier alpha value is -2.10. The molecule has 10 heteroatoms. The number of hydrogen-bond acceptors (Lipinski definition) is 4. The molecule has 1 saturated heterocycles. The van der Waals surface area contributed by atoms with Crippen LogP contribution in [0.2, 0.25) is 0 Å². The Bertz CT molecular complexity index is 777. The van der Waals surface area contributed by atoms with Crippen LogP contribution in [-0.4, -0.2) is 49.2 Å². The van der Waals surface area contributed by atoms with Gasteiger partial charge in [0.25, 0.3) is 0 Å². The van der Waals surface area contributed by atoms with Crippen molar-refractivity contribution < 1.29 is 31.2 Å². The third kappa shape index (κ3) is 5.18. The van der Waals surface area contributed by atoms with Crippen LogP contribution in [0.5, 0.6) is 0 Å². The van der Waals surface area contributed by atoms with E-state index in [0.717, 1.165) is 23.1 Å². The van der Waals surface area contributed by atoms with Gasteiger partial charge in [-0.25, -0.2) is 8.42 Å². The molecule has 1 aliphatic rings. The van der Waals surface area contributed by atoms with E-state index in [1.807, 2.05) is 0 Å². The van der Waals surface area contributed by atoms with Crippen LogP contribution in [0.15, 0.2) is 24.3 Å². The molecule has 1 aliphatic heterocycles. The molecule has 6 nitrogen and oxygen atoms in total. The summed E-state index contributed by atoms with van der Waals surface area (Å²) in [6, 6.07) is 3.52. The molecule has 2 rings (SSSR count). The monoisotopic (exact) mass is 378 g/mol. The summed E-state index contributed by atoms with van der Waals surface area (Å²) in [6.07, 6.45) is -4.30. The largest absolute Gasteiger partial charge is 0.416 e. The summed E-state index contributed by atoms with van der Waals surface area (Å²) >= 11 is 0. The third-order valence-electron chi connectivity index (χ3n) is 3.84. The van der Waals surface area contributed by atoms with Crippen LogP contribution >= 0.6 is 0 Å². The zero-order valence-electron chi connectivity index (χ0n) is 13.3. The minimum absolute atomic E-state index is 0.0534. The zero-order valence-corrected chi connectivity index (χ0v) is 14.2. The molecule has 25 heavy (non-hydrogen) atoms. The van der Waals surface area contributed by atoms with Crippen molar-refractivity contribution in [2.75, 3.05) is 23.4 Å². The molecule has 1 heterocycles. The van der Waals surface area contributed by atoms with Crippen molar-refractivity contribution >= 4 is 27.3 Å². The first kappa shape index (κ1) is 19.2. The lowest BCUT2D eigenvalue weighted by Gasteiger charge is -2.26. The summed E-state index contributed by atoms with van der Waals surface area (Å²) in [5.74, 6) is -1.44. The fourth-order valence-electron chi connectivity index (χ4n) is 2.65. The van der Waals surface area contributed by atoms with Crippen molar-refractivity contribution in [2.24, 2.45) is 0 Å². The quantitative estimate of drug-likeness (QED) is 0.864. The molecule has 1 unspecified atom stereocenters. The normalized spacial score (nSPS) is 19.4. The molecular formula is C15H17F3N2O4S. The van der Waals surface area contributed by atoms with Gasteiger partial charge in [-0.05, 0) is 24.6 Å². The molecule has 0 aliphatic carbocycles. The fraction of sp³-hybridized carbons (Fsp3) is 0.467. The number of alkyl halides is 3. The number of rotatable bonds is 4. The van der Waals surface area contributed by atoms with Gasteiger partial charge in [-0.2, -0.15) is 13.2 Å². The summed E-state index contributed by atoms with van der Waals surface area (Å²) in [7, 11) is -3.24. The Morgan fingerprint density at radius 2 is 2.00 bits per heavy atom. The van der Waals surface area contributed by atoms with Gasteiger partial charge in [-0.1, -0.05) is 6.07 Å². The maximum Gasteiger partial charge on any atom is 0.416 e.